The molecule has 25 heavy (non-hydrogen) atoms. The van der Waals surface area contributed by atoms with Gasteiger partial charge in [0.05, 0.1) is 11.3 Å². The van der Waals surface area contributed by atoms with Crippen molar-refractivity contribution in [1.82, 2.24) is 9.78 Å². The third kappa shape index (κ3) is 3.85. The van der Waals surface area contributed by atoms with Crippen LogP contribution in [0, 0.1) is 5.82 Å². The van der Waals surface area contributed by atoms with Gasteiger partial charge in [-0.05, 0) is 48.5 Å². The van der Waals surface area contributed by atoms with Crippen LogP contribution in [0.15, 0.2) is 60.8 Å². The van der Waals surface area contributed by atoms with Gasteiger partial charge in [0, 0.05) is 11.9 Å². The van der Waals surface area contributed by atoms with E-state index < -0.39 is 23.5 Å². The van der Waals surface area contributed by atoms with E-state index in [0.717, 1.165) is 12.1 Å². The Bertz CT molecular complexity index is 901. The molecule has 128 valence electrons. The van der Waals surface area contributed by atoms with Crippen molar-refractivity contribution in [1.29, 1.82) is 0 Å². The van der Waals surface area contributed by atoms with Crippen LogP contribution in [0.4, 0.5) is 23.2 Å². The van der Waals surface area contributed by atoms with Crippen LogP contribution < -0.4 is 5.32 Å². The summed E-state index contributed by atoms with van der Waals surface area (Å²) < 4.78 is 52.4. The van der Waals surface area contributed by atoms with Crippen LogP contribution in [-0.4, -0.2) is 15.7 Å². The molecule has 0 atom stereocenters. The van der Waals surface area contributed by atoms with Gasteiger partial charge in [0.25, 0.3) is 5.91 Å². The lowest BCUT2D eigenvalue weighted by atomic mass is 10.2. The van der Waals surface area contributed by atoms with E-state index in [4.69, 9.17) is 0 Å². The lowest BCUT2D eigenvalue weighted by Gasteiger charge is -2.09. The number of hydrogen-bond donors (Lipinski definition) is 1. The van der Waals surface area contributed by atoms with Crippen molar-refractivity contribution >= 4 is 11.6 Å². The van der Waals surface area contributed by atoms with Gasteiger partial charge in [-0.15, -0.1) is 0 Å². The van der Waals surface area contributed by atoms with Gasteiger partial charge in [-0.2, -0.15) is 18.3 Å². The Morgan fingerprint density at radius 3 is 2.44 bits per heavy atom. The predicted molar refractivity (Wildman–Crippen MR) is 82.9 cm³/mol. The summed E-state index contributed by atoms with van der Waals surface area (Å²) in [5.74, 6) is -1.06. The molecule has 0 aliphatic rings. The van der Waals surface area contributed by atoms with E-state index in [1.807, 2.05) is 0 Å². The standard InChI is InChI=1S/C17H11F4N3O/c18-12-4-6-14(7-5-12)24-9-8-15(23-24)16(25)22-13-3-1-2-11(10-13)17(19,20)21/h1-10H,(H,22,25). The summed E-state index contributed by atoms with van der Waals surface area (Å²) in [6.07, 6.45) is -3.00. The third-order valence-electron chi connectivity index (χ3n) is 3.36. The Morgan fingerprint density at radius 1 is 1.04 bits per heavy atom. The van der Waals surface area contributed by atoms with Crippen LogP contribution >= 0.6 is 0 Å². The van der Waals surface area contributed by atoms with Crippen molar-refractivity contribution in [3.63, 3.8) is 0 Å². The van der Waals surface area contributed by atoms with Gasteiger partial charge < -0.3 is 5.32 Å². The number of nitrogens with zero attached hydrogens (tertiary/aromatic N) is 2. The molecule has 2 aromatic carbocycles. The second-order valence-electron chi connectivity index (χ2n) is 5.15. The maximum Gasteiger partial charge on any atom is 0.416 e. The maximum atomic E-state index is 12.9. The number of alkyl halides is 3. The third-order valence-corrected chi connectivity index (χ3v) is 3.36. The SMILES string of the molecule is O=C(Nc1cccc(C(F)(F)F)c1)c1ccn(-c2ccc(F)cc2)n1. The number of halogens is 4. The summed E-state index contributed by atoms with van der Waals surface area (Å²) in [7, 11) is 0. The van der Waals surface area contributed by atoms with Gasteiger partial charge in [-0.3, -0.25) is 4.79 Å². The monoisotopic (exact) mass is 349 g/mol. The molecular formula is C17H11F4N3O. The first kappa shape index (κ1) is 16.7. The number of rotatable bonds is 3. The van der Waals surface area contributed by atoms with Crippen LogP contribution in [0.25, 0.3) is 5.69 Å². The van der Waals surface area contributed by atoms with Gasteiger partial charge in [-0.25, -0.2) is 9.07 Å². The second kappa shape index (κ2) is 6.39. The van der Waals surface area contributed by atoms with E-state index in [0.29, 0.717) is 5.69 Å². The largest absolute Gasteiger partial charge is 0.416 e. The molecule has 1 amide bonds. The number of nitrogens with one attached hydrogen (secondary N) is 1. The first-order valence-corrected chi connectivity index (χ1v) is 7.13. The highest BCUT2D eigenvalue weighted by atomic mass is 19.4. The van der Waals surface area contributed by atoms with Crippen LogP contribution in [0.1, 0.15) is 16.1 Å². The van der Waals surface area contributed by atoms with Crippen molar-refractivity contribution in [2.24, 2.45) is 0 Å². The lowest BCUT2D eigenvalue weighted by Crippen LogP contribution is -2.14. The lowest BCUT2D eigenvalue weighted by molar-refractivity contribution is -0.137. The highest BCUT2D eigenvalue weighted by Crippen LogP contribution is 2.30. The molecule has 4 nitrogen and oxygen atoms in total. The number of anilines is 1. The van der Waals surface area contributed by atoms with E-state index in [2.05, 4.69) is 10.4 Å². The van der Waals surface area contributed by atoms with Crippen molar-refractivity contribution in [2.45, 2.75) is 6.18 Å². The molecule has 0 radical (unpaired) electrons. The maximum absolute atomic E-state index is 12.9. The first-order chi connectivity index (χ1) is 11.8. The number of amides is 1. The number of carbonyl (C=O) groups is 1. The van der Waals surface area contributed by atoms with E-state index in [1.54, 1.807) is 0 Å². The first-order valence-electron chi connectivity index (χ1n) is 7.13. The molecule has 1 aromatic heterocycles. The molecule has 8 heteroatoms. The molecule has 0 spiro atoms. The fraction of sp³-hybridized carbons (Fsp3) is 0.0588. The van der Waals surface area contributed by atoms with Gasteiger partial charge in [-0.1, -0.05) is 6.07 Å². The zero-order valence-corrected chi connectivity index (χ0v) is 12.6. The average Bonchev–Trinajstić information content (AvgIpc) is 3.05. The average molecular weight is 349 g/mol. The zero-order valence-electron chi connectivity index (χ0n) is 12.6. The smallest absolute Gasteiger partial charge is 0.321 e. The Kier molecular flexibility index (Phi) is 4.26. The molecule has 0 unspecified atom stereocenters. The summed E-state index contributed by atoms with van der Waals surface area (Å²) in [5.41, 5.74) is -0.292. The Hall–Kier alpha value is -3.16. The number of benzene rings is 2. The van der Waals surface area contributed by atoms with Gasteiger partial charge in [0.15, 0.2) is 5.69 Å². The molecule has 0 bridgehead atoms. The minimum absolute atomic E-state index is 0.0103. The fourth-order valence-corrected chi connectivity index (χ4v) is 2.15. The summed E-state index contributed by atoms with van der Waals surface area (Å²) in [6.45, 7) is 0. The zero-order chi connectivity index (χ0) is 18.0. The van der Waals surface area contributed by atoms with Gasteiger partial charge >= 0.3 is 6.18 Å². The number of carbonyl (C=O) groups excluding carboxylic acids is 1. The molecule has 0 fully saturated rings. The van der Waals surface area contributed by atoms with E-state index >= 15 is 0 Å². The van der Waals surface area contributed by atoms with Crippen molar-refractivity contribution in [2.75, 3.05) is 5.32 Å². The Morgan fingerprint density at radius 2 is 1.76 bits per heavy atom. The van der Waals surface area contributed by atoms with Crippen LogP contribution in [0.3, 0.4) is 0 Å². The highest BCUT2D eigenvalue weighted by Gasteiger charge is 2.30. The molecule has 0 saturated carbocycles. The minimum atomic E-state index is -4.50. The molecule has 3 rings (SSSR count). The van der Waals surface area contributed by atoms with Crippen LogP contribution in [-0.2, 0) is 6.18 Å². The van der Waals surface area contributed by atoms with Crippen molar-refractivity contribution in [3.8, 4) is 5.69 Å². The molecule has 0 aliphatic heterocycles. The fourth-order valence-electron chi connectivity index (χ4n) is 2.15. The van der Waals surface area contributed by atoms with E-state index in [-0.39, 0.29) is 11.4 Å². The normalized spacial score (nSPS) is 11.4. The van der Waals surface area contributed by atoms with E-state index in [9.17, 15) is 22.4 Å². The van der Waals surface area contributed by atoms with Gasteiger partial charge in [0.1, 0.15) is 5.82 Å². The Balaban J connectivity index is 1.77. The van der Waals surface area contributed by atoms with E-state index in [1.165, 1.54) is 53.3 Å². The molecule has 0 aliphatic carbocycles. The predicted octanol–water partition coefficient (Wildman–Crippen LogP) is 4.28. The summed E-state index contributed by atoms with van der Waals surface area (Å²) in [6, 6.07) is 11.2. The second-order valence-corrected chi connectivity index (χ2v) is 5.15. The summed E-state index contributed by atoms with van der Waals surface area (Å²) >= 11 is 0. The number of hydrogen-bond acceptors (Lipinski definition) is 2. The number of aromatic nitrogens is 2. The van der Waals surface area contributed by atoms with Gasteiger partial charge in [0.2, 0.25) is 0 Å². The molecule has 3 aromatic rings. The molecule has 1 N–H and O–H groups in total. The highest BCUT2D eigenvalue weighted by molar-refractivity contribution is 6.02. The molecule has 1 heterocycles. The summed E-state index contributed by atoms with van der Waals surface area (Å²) in [5, 5.41) is 6.41. The van der Waals surface area contributed by atoms with Crippen LogP contribution in [0.5, 0.6) is 0 Å². The quantitative estimate of drug-likeness (QED) is 0.718. The molecule has 0 saturated heterocycles. The minimum Gasteiger partial charge on any atom is -0.321 e. The summed E-state index contributed by atoms with van der Waals surface area (Å²) in [4.78, 5) is 12.1. The van der Waals surface area contributed by atoms with Crippen molar-refractivity contribution in [3.05, 3.63) is 77.9 Å². The molecular weight excluding hydrogens is 338 g/mol. The topological polar surface area (TPSA) is 46.9 Å². The van der Waals surface area contributed by atoms with Crippen molar-refractivity contribution < 1.29 is 22.4 Å². The Labute approximate surface area is 139 Å². The van der Waals surface area contributed by atoms with Crippen LogP contribution in [0.2, 0.25) is 0 Å².